The molecule has 0 aliphatic rings. The van der Waals surface area contributed by atoms with Gasteiger partial charge < -0.3 is 4.74 Å². The number of rotatable bonds is 10. The molecule has 150 valence electrons. The second kappa shape index (κ2) is 10.0. The third-order valence-corrected chi connectivity index (χ3v) is 6.08. The van der Waals surface area contributed by atoms with Crippen molar-refractivity contribution in [3.8, 4) is 5.75 Å². The molecule has 0 unspecified atom stereocenters. The monoisotopic (exact) mass is 404 g/mol. The first-order valence-corrected chi connectivity index (χ1v) is 10.3. The molecule has 0 saturated carbocycles. The summed E-state index contributed by atoms with van der Waals surface area (Å²) in [5, 5.41) is 10.8. The summed E-state index contributed by atoms with van der Waals surface area (Å²) in [4.78, 5) is 10.3. The van der Waals surface area contributed by atoms with Gasteiger partial charge in [-0.2, -0.15) is 4.31 Å². The van der Waals surface area contributed by atoms with Crippen LogP contribution in [0.1, 0.15) is 25.3 Å². The smallest absolute Gasteiger partial charge is 0.269 e. The number of methoxy groups -OCH3 is 1. The number of benzene rings is 2. The van der Waals surface area contributed by atoms with Crippen LogP contribution in [0, 0.1) is 10.1 Å². The SMILES string of the molecule is C/C=C/CCCN(Cc1ccc(OC)cc1)S(=O)(=O)c1ccc([N+](=O)[O-])cc1. The van der Waals surface area contributed by atoms with Crippen molar-refractivity contribution in [2.45, 2.75) is 31.2 Å². The molecule has 0 heterocycles. The summed E-state index contributed by atoms with van der Waals surface area (Å²) in [6, 6.07) is 12.2. The van der Waals surface area contributed by atoms with E-state index in [1.807, 2.05) is 31.2 Å². The normalized spacial score (nSPS) is 11.8. The number of hydrogen-bond acceptors (Lipinski definition) is 5. The summed E-state index contributed by atoms with van der Waals surface area (Å²) in [6.45, 7) is 2.47. The van der Waals surface area contributed by atoms with Crippen LogP contribution in [0.15, 0.2) is 65.6 Å². The van der Waals surface area contributed by atoms with Gasteiger partial charge in [-0.05, 0) is 49.6 Å². The molecule has 0 aliphatic carbocycles. The molecule has 7 nitrogen and oxygen atoms in total. The van der Waals surface area contributed by atoms with Gasteiger partial charge in [0.05, 0.1) is 16.9 Å². The lowest BCUT2D eigenvalue weighted by Crippen LogP contribution is -2.31. The largest absolute Gasteiger partial charge is 0.497 e. The number of nitro groups is 1. The predicted octanol–water partition coefficient (Wildman–Crippen LogP) is 4.15. The molecular formula is C20H24N2O5S. The number of sulfonamides is 1. The molecular weight excluding hydrogens is 380 g/mol. The molecule has 0 N–H and O–H groups in total. The molecule has 28 heavy (non-hydrogen) atoms. The molecule has 0 spiro atoms. The van der Waals surface area contributed by atoms with Gasteiger partial charge in [0.15, 0.2) is 0 Å². The van der Waals surface area contributed by atoms with Gasteiger partial charge >= 0.3 is 0 Å². The van der Waals surface area contributed by atoms with Crippen LogP contribution < -0.4 is 4.74 Å². The van der Waals surface area contributed by atoms with Gasteiger partial charge in [0, 0.05) is 25.2 Å². The Kier molecular flexibility index (Phi) is 7.71. The number of nitrogens with zero attached hydrogens (tertiary/aromatic N) is 2. The maximum Gasteiger partial charge on any atom is 0.269 e. The Morgan fingerprint density at radius 2 is 1.75 bits per heavy atom. The molecule has 0 aromatic heterocycles. The van der Waals surface area contributed by atoms with Gasteiger partial charge in [-0.3, -0.25) is 10.1 Å². The summed E-state index contributed by atoms with van der Waals surface area (Å²) >= 11 is 0. The molecule has 2 aromatic rings. The van der Waals surface area contributed by atoms with Crippen LogP contribution >= 0.6 is 0 Å². The van der Waals surface area contributed by atoms with E-state index in [2.05, 4.69) is 0 Å². The fraction of sp³-hybridized carbons (Fsp3) is 0.300. The maximum absolute atomic E-state index is 13.1. The zero-order chi connectivity index (χ0) is 20.6. The minimum Gasteiger partial charge on any atom is -0.497 e. The van der Waals surface area contributed by atoms with E-state index in [-0.39, 0.29) is 17.1 Å². The zero-order valence-electron chi connectivity index (χ0n) is 15.9. The molecule has 0 atom stereocenters. The summed E-state index contributed by atoms with van der Waals surface area (Å²) in [5.74, 6) is 0.696. The number of non-ortho nitro benzene ring substituents is 1. The van der Waals surface area contributed by atoms with Crippen LogP contribution in [0.25, 0.3) is 0 Å². The third-order valence-electron chi connectivity index (χ3n) is 4.22. The lowest BCUT2D eigenvalue weighted by atomic mass is 10.2. The standard InChI is InChI=1S/C20H24N2O5S/c1-3-4-5-6-15-21(16-17-7-11-19(27-2)12-8-17)28(25,26)20-13-9-18(10-14-20)22(23)24/h3-4,7-14H,5-6,15-16H2,1-2H3/b4-3+. The topological polar surface area (TPSA) is 89.8 Å². The maximum atomic E-state index is 13.1. The number of hydrogen-bond donors (Lipinski definition) is 0. The highest BCUT2D eigenvalue weighted by atomic mass is 32.2. The minimum absolute atomic E-state index is 0.0395. The number of unbranched alkanes of at least 4 members (excludes halogenated alkanes) is 1. The lowest BCUT2D eigenvalue weighted by molar-refractivity contribution is -0.384. The molecule has 8 heteroatoms. The predicted molar refractivity (Wildman–Crippen MR) is 108 cm³/mol. The molecule has 0 saturated heterocycles. The first kappa shape index (κ1) is 21.6. The van der Waals surface area contributed by atoms with E-state index in [1.165, 1.54) is 28.6 Å². The van der Waals surface area contributed by atoms with E-state index in [4.69, 9.17) is 4.74 Å². The van der Waals surface area contributed by atoms with Crippen LogP contribution in [0.4, 0.5) is 5.69 Å². The van der Waals surface area contributed by atoms with Gasteiger partial charge in [-0.15, -0.1) is 0 Å². The van der Waals surface area contributed by atoms with E-state index in [9.17, 15) is 18.5 Å². The molecule has 0 bridgehead atoms. The average molecular weight is 404 g/mol. The van der Waals surface area contributed by atoms with Gasteiger partial charge in [-0.1, -0.05) is 24.3 Å². The minimum atomic E-state index is -3.79. The zero-order valence-corrected chi connectivity index (χ0v) is 16.8. The van der Waals surface area contributed by atoms with Crippen molar-refractivity contribution in [1.82, 2.24) is 4.31 Å². The van der Waals surface area contributed by atoms with Crippen LogP contribution in [0.5, 0.6) is 5.75 Å². The van der Waals surface area contributed by atoms with Gasteiger partial charge in [-0.25, -0.2) is 8.42 Å². The number of allylic oxidation sites excluding steroid dienone is 2. The van der Waals surface area contributed by atoms with E-state index in [0.29, 0.717) is 18.7 Å². The summed E-state index contributed by atoms with van der Waals surface area (Å²) < 4.78 is 32.8. The van der Waals surface area contributed by atoms with Crippen molar-refractivity contribution < 1.29 is 18.1 Å². The van der Waals surface area contributed by atoms with Crippen LogP contribution in [0.3, 0.4) is 0 Å². The fourth-order valence-electron chi connectivity index (χ4n) is 2.66. The fourth-order valence-corrected chi connectivity index (χ4v) is 4.13. The van der Waals surface area contributed by atoms with Crippen molar-refractivity contribution in [3.63, 3.8) is 0 Å². The number of nitro benzene ring substituents is 1. The molecule has 2 rings (SSSR count). The first-order valence-electron chi connectivity index (χ1n) is 8.87. The Labute approximate surface area is 165 Å². The van der Waals surface area contributed by atoms with Crippen molar-refractivity contribution in [1.29, 1.82) is 0 Å². The van der Waals surface area contributed by atoms with Crippen molar-refractivity contribution in [2.75, 3.05) is 13.7 Å². The second-order valence-electron chi connectivity index (χ2n) is 6.15. The highest BCUT2D eigenvalue weighted by Crippen LogP contribution is 2.22. The Morgan fingerprint density at radius 1 is 1.11 bits per heavy atom. The molecule has 2 aromatic carbocycles. The van der Waals surface area contributed by atoms with Crippen LogP contribution in [-0.4, -0.2) is 31.3 Å². The first-order chi connectivity index (χ1) is 13.4. The summed E-state index contributed by atoms with van der Waals surface area (Å²) in [5.41, 5.74) is 0.686. The van der Waals surface area contributed by atoms with E-state index >= 15 is 0 Å². The third kappa shape index (κ3) is 5.64. The molecule has 0 radical (unpaired) electrons. The second-order valence-corrected chi connectivity index (χ2v) is 8.09. The Balaban J connectivity index is 2.27. The van der Waals surface area contributed by atoms with Crippen molar-refractivity contribution in [2.24, 2.45) is 0 Å². The molecule has 0 fully saturated rings. The highest BCUT2D eigenvalue weighted by Gasteiger charge is 2.25. The number of ether oxygens (including phenoxy) is 1. The van der Waals surface area contributed by atoms with E-state index in [1.54, 1.807) is 19.2 Å². The van der Waals surface area contributed by atoms with Crippen LogP contribution in [0.2, 0.25) is 0 Å². The Hall–Kier alpha value is -2.71. The lowest BCUT2D eigenvalue weighted by Gasteiger charge is -2.22. The summed E-state index contributed by atoms with van der Waals surface area (Å²) in [6.07, 6.45) is 5.36. The Morgan fingerprint density at radius 3 is 2.29 bits per heavy atom. The van der Waals surface area contributed by atoms with E-state index < -0.39 is 14.9 Å². The quantitative estimate of drug-likeness (QED) is 0.257. The van der Waals surface area contributed by atoms with Gasteiger partial charge in [0.25, 0.3) is 5.69 Å². The summed E-state index contributed by atoms with van der Waals surface area (Å²) in [7, 11) is -2.22. The van der Waals surface area contributed by atoms with Gasteiger partial charge in [0.2, 0.25) is 10.0 Å². The molecule has 0 aliphatic heterocycles. The molecule has 0 amide bonds. The van der Waals surface area contributed by atoms with Crippen molar-refractivity contribution >= 4 is 15.7 Å². The average Bonchev–Trinajstić information content (AvgIpc) is 2.70. The van der Waals surface area contributed by atoms with Crippen molar-refractivity contribution in [3.05, 3.63) is 76.4 Å². The highest BCUT2D eigenvalue weighted by molar-refractivity contribution is 7.89. The Bertz CT molecular complexity index is 907. The van der Waals surface area contributed by atoms with Gasteiger partial charge in [0.1, 0.15) is 5.75 Å². The van der Waals surface area contributed by atoms with E-state index in [0.717, 1.165) is 12.0 Å². The van der Waals surface area contributed by atoms with Crippen LogP contribution in [-0.2, 0) is 16.6 Å².